The fourth-order valence-electron chi connectivity index (χ4n) is 2.00. The number of hydrogen-bond donors (Lipinski definition) is 1. The number of sulfone groups is 1. The molecule has 1 saturated heterocycles. The monoisotopic (exact) mass is 248 g/mol. The van der Waals surface area contributed by atoms with E-state index in [0.29, 0.717) is 13.0 Å². The molecule has 1 heterocycles. The number of nitrogens with one attached hydrogen (secondary N) is 1. The molecule has 1 fully saturated rings. The van der Waals surface area contributed by atoms with E-state index in [9.17, 15) is 13.2 Å². The Morgan fingerprint density at radius 1 is 1.56 bits per heavy atom. The minimum absolute atomic E-state index is 0.0106. The predicted octanol–water partition coefficient (Wildman–Crippen LogP) is -0.513. The van der Waals surface area contributed by atoms with Gasteiger partial charge in [-0.05, 0) is 13.5 Å². The minimum atomic E-state index is -2.92. The van der Waals surface area contributed by atoms with Crippen molar-refractivity contribution < 1.29 is 13.2 Å². The molecule has 1 rings (SSSR count). The smallest absolute Gasteiger partial charge is 0.226 e. The Bertz CT molecular complexity index is 353. The highest BCUT2D eigenvalue weighted by Crippen LogP contribution is 2.18. The molecule has 0 aromatic heterocycles. The molecule has 94 valence electrons. The molecular formula is C10H20N2O3S. The Morgan fingerprint density at radius 3 is 2.62 bits per heavy atom. The predicted molar refractivity (Wildman–Crippen MR) is 62.9 cm³/mol. The lowest BCUT2D eigenvalue weighted by Gasteiger charge is -2.26. The topological polar surface area (TPSA) is 66.5 Å². The van der Waals surface area contributed by atoms with Crippen LogP contribution in [0.4, 0.5) is 0 Å². The highest BCUT2D eigenvalue weighted by molar-refractivity contribution is 7.91. The van der Waals surface area contributed by atoms with E-state index in [0.717, 1.165) is 0 Å². The number of nitrogens with zero attached hydrogens (tertiary/aromatic N) is 1. The van der Waals surface area contributed by atoms with Crippen LogP contribution in [-0.2, 0) is 14.6 Å². The Kier molecular flexibility index (Phi) is 4.32. The molecule has 16 heavy (non-hydrogen) atoms. The van der Waals surface area contributed by atoms with Gasteiger partial charge in [0.2, 0.25) is 5.91 Å². The van der Waals surface area contributed by atoms with Crippen LogP contribution in [0.2, 0.25) is 0 Å². The van der Waals surface area contributed by atoms with Crippen LogP contribution in [0, 0.1) is 5.92 Å². The second-order valence-corrected chi connectivity index (χ2v) is 6.69. The van der Waals surface area contributed by atoms with E-state index in [2.05, 4.69) is 5.32 Å². The maximum Gasteiger partial charge on any atom is 0.226 e. The van der Waals surface area contributed by atoms with Gasteiger partial charge in [0.15, 0.2) is 9.84 Å². The van der Waals surface area contributed by atoms with Crippen LogP contribution in [-0.4, -0.2) is 57.4 Å². The van der Waals surface area contributed by atoms with Gasteiger partial charge in [-0.3, -0.25) is 4.79 Å². The molecule has 2 unspecified atom stereocenters. The van der Waals surface area contributed by atoms with E-state index in [1.165, 1.54) is 0 Å². The summed E-state index contributed by atoms with van der Waals surface area (Å²) in [6.45, 7) is 2.46. The van der Waals surface area contributed by atoms with Crippen molar-refractivity contribution in [2.24, 2.45) is 5.92 Å². The first kappa shape index (κ1) is 13.4. The second kappa shape index (κ2) is 5.14. The van der Waals surface area contributed by atoms with E-state index in [1.54, 1.807) is 19.0 Å². The van der Waals surface area contributed by atoms with Gasteiger partial charge in [-0.15, -0.1) is 0 Å². The molecule has 1 N–H and O–H groups in total. The normalized spacial score (nSPS) is 25.3. The summed E-state index contributed by atoms with van der Waals surface area (Å²) in [5.74, 6) is 0.215. The SMILES string of the molecule is CNCC(C)C(=O)N(C)C1CCS(=O)(=O)C1. The molecule has 0 radical (unpaired) electrons. The highest BCUT2D eigenvalue weighted by Gasteiger charge is 2.33. The molecule has 6 heteroatoms. The molecule has 2 atom stereocenters. The minimum Gasteiger partial charge on any atom is -0.341 e. The summed E-state index contributed by atoms with van der Waals surface area (Å²) < 4.78 is 22.6. The Morgan fingerprint density at radius 2 is 2.19 bits per heavy atom. The van der Waals surface area contributed by atoms with Crippen LogP contribution in [0.5, 0.6) is 0 Å². The molecule has 0 bridgehead atoms. The van der Waals surface area contributed by atoms with E-state index >= 15 is 0 Å². The van der Waals surface area contributed by atoms with Crippen molar-refractivity contribution in [2.75, 3.05) is 32.1 Å². The quantitative estimate of drug-likeness (QED) is 0.727. The van der Waals surface area contributed by atoms with Crippen LogP contribution in [0.25, 0.3) is 0 Å². The number of amides is 1. The van der Waals surface area contributed by atoms with Gasteiger partial charge in [0.05, 0.1) is 11.5 Å². The molecule has 1 aliphatic heterocycles. The average Bonchev–Trinajstić information content (AvgIpc) is 2.57. The van der Waals surface area contributed by atoms with E-state index in [1.807, 2.05) is 6.92 Å². The average molecular weight is 248 g/mol. The third kappa shape index (κ3) is 3.18. The molecule has 0 spiro atoms. The van der Waals surface area contributed by atoms with Gasteiger partial charge in [-0.2, -0.15) is 0 Å². The molecule has 1 amide bonds. The molecule has 1 aliphatic rings. The third-order valence-electron chi connectivity index (χ3n) is 3.04. The van der Waals surface area contributed by atoms with Crippen LogP contribution in [0.1, 0.15) is 13.3 Å². The zero-order valence-corrected chi connectivity index (χ0v) is 10.9. The molecular weight excluding hydrogens is 228 g/mol. The maximum absolute atomic E-state index is 11.9. The van der Waals surface area contributed by atoms with Crippen molar-refractivity contribution in [3.63, 3.8) is 0 Å². The molecule has 5 nitrogen and oxygen atoms in total. The largest absolute Gasteiger partial charge is 0.341 e. The summed E-state index contributed by atoms with van der Waals surface area (Å²) in [6.07, 6.45) is 0.566. The van der Waals surface area contributed by atoms with Gasteiger partial charge in [0.1, 0.15) is 0 Å². The second-order valence-electron chi connectivity index (χ2n) is 4.46. The van der Waals surface area contributed by atoms with Crippen molar-refractivity contribution in [3.8, 4) is 0 Å². The number of carbonyl (C=O) groups excluding carboxylic acids is 1. The first-order valence-electron chi connectivity index (χ1n) is 5.49. The van der Waals surface area contributed by atoms with Crippen LogP contribution >= 0.6 is 0 Å². The van der Waals surface area contributed by atoms with Crippen molar-refractivity contribution >= 4 is 15.7 Å². The van der Waals surface area contributed by atoms with Gasteiger partial charge in [0, 0.05) is 25.6 Å². The number of rotatable bonds is 4. The van der Waals surface area contributed by atoms with E-state index < -0.39 is 9.84 Å². The number of hydrogen-bond acceptors (Lipinski definition) is 4. The van der Waals surface area contributed by atoms with E-state index in [-0.39, 0.29) is 29.4 Å². The summed E-state index contributed by atoms with van der Waals surface area (Å²) >= 11 is 0. The Labute approximate surface area is 97.1 Å². The van der Waals surface area contributed by atoms with Crippen molar-refractivity contribution in [1.82, 2.24) is 10.2 Å². The van der Waals surface area contributed by atoms with Gasteiger partial charge < -0.3 is 10.2 Å². The molecule has 0 saturated carbocycles. The summed E-state index contributed by atoms with van der Waals surface area (Å²) in [4.78, 5) is 13.5. The van der Waals surface area contributed by atoms with E-state index in [4.69, 9.17) is 0 Å². The van der Waals surface area contributed by atoms with Gasteiger partial charge in [-0.1, -0.05) is 6.92 Å². The van der Waals surface area contributed by atoms with Crippen molar-refractivity contribution in [2.45, 2.75) is 19.4 Å². The Hall–Kier alpha value is -0.620. The summed E-state index contributed by atoms with van der Waals surface area (Å²) in [7, 11) is 0.568. The first-order chi connectivity index (χ1) is 7.37. The van der Waals surface area contributed by atoms with Gasteiger partial charge >= 0.3 is 0 Å². The summed E-state index contributed by atoms with van der Waals surface area (Å²) in [5, 5.41) is 2.94. The number of carbonyl (C=O) groups is 1. The van der Waals surface area contributed by atoms with Crippen LogP contribution < -0.4 is 5.32 Å². The van der Waals surface area contributed by atoms with Crippen molar-refractivity contribution in [3.05, 3.63) is 0 Å². The third-order valence-corrected chi connectivity index (χ3v) is 4.79. The summed E-state index contributed by atoms with van der Waals surface area (Å²) in [6, 6.07) is -0.142. The standard InChI is InChI=1S/C10H20N2O3S/c1-8(6-11-2)10(13)12(3)9-4-5-16(14,15)7-9/h8-9,11H,4-7H2,1-3H3. The lowest BCUT2D eigenvalue weighted by Crippen LogP contribution is -2.42. The lowest BCUT2D eigenvalue weighted by molar-refractivity contribution is -0.135. The molecule has 0 aliphatic carbocycles. The first-order valence-corrected chi connectivity index (χ1v) is 7.31. The zero-order chi connectivity index (χ0) is 12.3. The fourth-order valence-corrected chi connectivity index (χ4v) is 3.78. The molecule has 0 aromatic carbocycles. The van der Waals surface area contributed by atoms with Crippen molar-refractivity contribution in [1.29, 1.82) is 0 Å². The van der Waals surface area contributed by atoms with Crippen LogP contribution in [0.15, 0.2) is 0 Å². The zero-order valence-electron chi connectivity index (χ0n) is 10.1. The Balaban J connectivity index is 2.58. The molecule has 0 aromatic rings. The van der Waals surface area contributed by atoms with Gasteiger partial charge in [-0.25, -0.2) is 8.42 Å². The van der Waals surface area contributed by atoms with Crippen LogP contribution in [0.3, 0.4) is 0 Å². The lowest BCUT2D eigenvalue weighted by atomic mass is 10.1. The van der Waals surface area contributed by atoms with Gasteiger partial charge in [0.25, 0.3) is 0 Å². The highest BCUT2D eigenvalue weighted by atomic mass is 32.2. The fraction of sp³-hybridized carbons (Fsp3) is 0.900. The maximum atomic E-state index is 11.9. The summed E-state index contributed by atoms with van der Waals surface area (Å²) in [5.41, 5.74) is 0.